The van der Waals surface area contributed by atoms with Gasteiger partial charge in [0.2, 0.25) is 0 Å². The van der Waals surface area contributed by atoms with Gasteiger partial charge in [-0.15, -0.1) is 0 Å². The highest BCUT2D eigenvalue weighted by Crippen LogP contribution is 2.43. The molecule has 218 valence electrons. The first-order valence-electron chi connectivity index (χ1n) is 13.4. The van der Waals surface area contributed by atoms with E-state index < -0.39 is 35.3 Å². The maximum Gasteiger partial charge on any atom is 0.330 e. The molecule has 1 fully saturated rings. The predicted molar refractivity (Wildman–Crippen MR) is 161 cm³/mol. The van der Waals surface area contributed by atoms with Crippen molar-refractivity contribution in [2.45, 2.75) is 37.4 Å². The molecule has 1 saturated heterocycles. The number of aromatic amines is 1. The molecule has 0 unspecified atom stereocenters. The molecule has 0 amide bonds. The highest BCUT2D eigenvalue weighted by Gasteiger charge is 2.43. The van der Waals surface area contributed by atoms with E-state index in [9.17, 15) is 9.59 Å². The smallest absolute Gasteiger partial charge is 0.330 e. The Balaban J connectivity index is 1.57. The largest absolute Gasteiger partial charge is 0.497 e. The van der Waals surface area contributed by atoms with Gasteiger partial charge in [-0.25, -0.2) is 4.79 Å². The molecule has 5 rings (SSSR count). The quantitative estimate of drug-likeness (QED) is 0.202. The van der Waals surface area contributed by atoms with Crippen LogP contribution in [0.25, 0.3) is 0 Å². The van der Waals surface area contributed by atoms with Crippen LogP contribution in [0.1, 0.15) is 34.9 Å². The molecule has 0 radical (unpaired) electrons. The van der Waals surface area contributed by atoms with Gasteiger partial charge < -0.3 is 23.7 Å². The summed E-state index contributed by atoms with van der Waals surface area (Å²) in [6.45, 7) is 1.72. The normalized spacial score (nSPS) is 18.4. The van der Waals surface area contributed by atoms with Crippen LogP contribution in [0.3, 0.4) is 0 Å². The van der Waals surface area contributed by atoms with E-state index in [2.05, 4.69) is 4.98 Å². The summed E-state index contributed by atoms with van der Waals surface area (Å²) in [5, 5.41) is 0. The average Bonchev–Trinajstić information content (AvgIpc) is 3.42. The summed E-state index contributed by atoms with van der Waals surface area (Å²) in [6, 6.07) is 25.4. The number of ether oxygens (including phenoxy) is 5. The third-order valence-corrected chi connectivity index (χ3v) is 7.62. The van der Waals surface area contributed by atoms with Crippen LogP contribution in [0.5, 0.6) is 11.5 Å². The van der Waals surface area contributed by atoms with Crippen molar-refractivity contribution in [1.82, 2.24) is 9.55 Å². The Morgan fingerprint density at radius 1 is 0.929 bits per heavy atom. The van der Waals surface area contributed by atoms with E-state index in [4.69, 9.17) is 35.9 Å². The maximum atomic E-state index is 12.6. The summed E-state index contributed by atoms with van der Waals surface area (Å²) < 4.78 is 31.3. The van der Waals surface area contributed by atoms with Crippen LogP contribution in [-0.4, -0.2) is 48.1 Å². The molecular formula is C32H32N2O7S. The van der Waals surface area contributed by atoms with Crippen molar-refractivity contribution in [2.24, 2.45) is 0 Å². The number of benzene rings is 3. The minimum atomic E-state index is -1.06. The summed E-state index contributed by atoms with van der Waals surface area (Å²) in [4.78, 5) is 26.9. The molecule has 0 bridgehead atoms. The molecule has 9 nitrogen and oxygen atoms in total. The number of hydrogen-bond acceptors (Lipinski definition) is 8. The van der Waals surface area contributed by atoms with Crippen molar-refractivity contribution in [1.29, 1.82) is 0 Å². The van der Waals surface area contributed by atoms with E-state index in [1.54, 1.807) is 21.1 Å². The predicted octanol–water partition coefficient (Wildman–Crippen LogP) is 4.50. The summed E-state index contributed by atoms with van der Waals surface area (Å²) in [6.07, 6.45) is 0.0529. The fraction of sp³-hybridized carbons (Fsp3) is 0.281. The molecule has 0 aliphatic carbocycles. The van der Waals surface area contributed by atoms with E-state index in [0.29, 0.717) is 23.5 Å². The molecule has 42 heavy (non-hydrogen) atoms. The number of hydrogen-bond donors (Lipinski definition) is 1. The molecule has 3 aromatic carbocycles. The van der Waals surface area contributed by atoms with Gasteiger partial charge >= 0.3 is 5.69 Å². The number of thiocarbonyl (C=S) groups is 1. The zero-order valence-corrected chi connectivity index (χ0v) is 24.3. The van der Waals surface area contributed by atoms with Crippen LogP contribution in [0.4, 0.5) is 0 Å². The number of H-pyrrole nitrogens is 1. The Labute approximate surface area is 248 Å². The van der Waals surface area contributed by atoms with E-state index in [1.165, 1.54) is 16.3 Å². The fourth-order valence-corrected chi connectivity index (χ4v) is 5.46. The second-order valence-corrected chi connectivity index (χ2v) is 10.1. The van der Waals surface area contributed by atoms with Crippen LogP contribution in [-0.2, 0) is 19.8 Å². The van der Waals surface area contributed by atoms with Crippen molar-refractivity contribution < 1.29 is 23.7 Å². The van der Waals surface area contributed by atoms with Crippen LogP contribution in [0.2, 0.25) is 0 Å². The van der Waals surface area contributed by atoms with Gasteiger partial charge in [-0.2, -0.15) is 0 Å². The lowest BCUT2D eigenvalue weighted by Gasteiger charge is -2.37. The standard InChI is InChI=1S/C32H32N2O7S/c1-21-18-34(31(36)33-30(21)35)29-17-27(39-20-42)28(41-29)19-40-32(22-7-5-4-6-8-22,23-9-13-25(37-2)14-10-23)24-11-15-26(38-3)16-12-24/h4-16,18,20,27-29H,17,19H2,1-3H3,(H,33,35,36)/t27-,28+,29+/m0/s1. The first-order chi connectivity index (χ1) is 20.4. The number of nitrogens with one attached hydrogen (secondary N) is 1. The van der Waals surface area contributed by atoms with Gasteiger partial charge in [-0.05, 0) is 60.1 Å². The average molecular weight is 589 g/mol. The van der Waals surface area contributed by atoms with Gasteiger partial charge in [0.1, 0.15) is 41.1 Å². The van der Waals surface area contributed by atoms with Crippen molar-refractivity contribution >= 4 is 17.8 Å². The Morgan fingerprint density at radius 2 is 1.50 bits per heavy atom. The molecule has 0 spiro atoms. The van der Waals surface area contributed by atoms with Crippen LogP contribution < -0.4 is 20.7 Å². The summed E-state index contributed by atoms with van der Waals surface area (Å²) >= 11 is 5.01. The van der Waals surface area contributed by atoms with Crippen molar-refractivity contribution in [3.8, 4) is 11.5 Å². The molecular weight excluding hydrogens is 556 g/mol. The molecule has 3 atom stereocenters. The lowest BCUT2D eigenvalue weighted by molar-refractivity contribution is -0.0920. The third kappa shape index (κ3) is 5.74. The lowest BCUT2D eigenvalue weighted by atomic mass is 9.80. The van der Waals surface area contributed by atoms with Gasteiger partial charge in [0.25, 0.3) is 5.56 Å². The van der Waals surface area contributed by atoms with E-state index in [1.807, 2.05) is 78.9 Å². The lowest BCUT2D eigenvalue weighted by Crippen LogP contribution is -2.38. The number of aryl methyl sites for hydroxylation is 1. The zero-order chi connectivity index (χ0) is 29.7. The van der Waals surface area contributed by atoms with Crippen molar-refractivity contribution in [3.05, 3.63) is 128 Å². The Kier molecular flexibility index (Phi) is 8.86. The van der Waals surface area contributed by atoms with E-state index >= 15 is 0 Å². The SMILES string of the molecule is COc1ccc(C(OC[C@H]2O[C@@H](n3cc(C)c(=O)[nH]c3=O)C[C@@H]2OC=S)(c2ccccc2)c2ccc(OC)cc2)cc1. The molecule has 1 N–H and O–H groups in total. The van der Waals surface area contributed by atoms with Crippen molar-refractivity contribution in [2.75, 3.05) is 20.8 Å². The molecule has 1 aromatic heterocycles. The number of aromatic nitrogens is 2. The Hall–Kier alpha value is -4.25. The second-order valence-electron chi connectivity index (χ2n) is 9.93. The topological polar surface area (TPSA) is 101 Å². The zero-order valence-electron chi connectivity index (χ0n) is 23.5. The number of nitrogens with zero attached hydrogens (tertiary/aromatic N) is 1. The molecule has 2 heterocycles. The van der Waals surface area contributed by atoms with Gasteiger partial charge in [-0.1, -0.05) is 54.6 Å². The van der Waals surface area contributed by atoms with Crippen LogP contribution in [0, 0.1) is 6.92 Å². The minimum absolute atomic E-state index is 0.0916. The van der Waals surface area contributed by atoms with Gasteiger partial charge in [-0.3, -0.25) is 14.3 Å². The summed E-state index contributed by atoms with van der Waals surface area (Å²) in [5.74, 6) is 1.43. The highest BCUT2D eigenvalue weighted by atomic mass is 32.1. The van der Waals surface area contributed by atoms with Crippen LogP contribution >= 0.6 is 12.2 Å². The van der Waals surface area contributed by atoms with Gasteiger partial charge in [0, 0.05) is 18.2 Å². The highest BCUT2D eigenvalue weighted by molar-refractivity contribution is 7.78. The summed E-state index contributed by atoms with van der Waals surface area (Å²) in [7, 11) is 3.25. The molecule has 0 saturated carbocycles. The van der Waals surface area contributed by atoms with Crippen molar-refractivity contribution in [3.63, 3.8) is 0 Å². The van der Waals surface area contributed by atoms with Crippen LogP contribution in [0.15, 0.2) is 94.6 Å². The van der Waals surface area contributed by atoms with Gasteiger partial charge in [0.05, 0.1) is 20.8 Å². The molecule has 1 aliphatic rings. The number of rotatable bonds is 11. The second kappa shape index (κ2) is 12.7. The van der Waals surface area contributed by atoms with E-state index in [-0.39, 0.29) is 6.61 Å². The minimum Gasteiger partial charge on any atom is -0.497 e. The van der Waals surface area contributed by atoms with E-state index in [0.717, 1.165) is 16.7 Å². The monoisotopic (exact) mass is 588 g/mol. The first kappa shape index (κ1) is 29.2. The molecule has 1 aliphatic heterocycles. The Morgan fingerprint density at radius 3 is 2.05 bits per heavy atom. The van der Waals surface area contributed by atoms with Gasteiger partial charge in [0.15, 0.2) is 0 Å². The maximum absolute atomic E-state index is 12.6. The first-order valence-corrected chi connectivity index (χ1v) is 13.9. The number of methoxy groups -OCH3 is 2. The summed E-state index contributed by atoms with van der Waals surface area (Å²) in [5.41, 5.74) is 2.17. The Bertz CT molecular complexity index is 1570. The molecule has 10 heteroatoms. The third-order valence-electron chi connectivity index (χ3n) is 7.50. The molecule has 4 aromatic rings. The fourth-order valence-electron chi connectivity index (χ4n) is 5.32.